The van der Waals surface area contributed by atoms with Crippen LogP contribution in [-0.2, 0) is 6.54 Å². The Kier molecular flexibility index (Phi) is 3.73. The molecule has 1 heterocycles. The molecule has 98 valence electrons. The van der Waals surface area contributed by atoms with Crippen LogP contribution < -0.4 is 5.73 Å². The fraction of sp³-hybridized carbons (Fsp3) is 0.417. The summed E-state index contributed by atoms with van der Waals surface area (Å²) in [6.07, 6.45) is 0. The van der Waals surface area contributed by atoms with E-state index in [0.717, 1.165) is 18.6 Å². The first-order valence-electron chi connectivity index (χ1n) is 5.82. The summed E-state index contributed by atoms with van der Waals surface area (Å²) in [4.78, 5) is 6.31. The fourth-order valence-electron chi connectivity index (χ4n) is 1.80. The number of nitrogens with two attached hydrogens (primary N) is 1. The highest BCUT2D eigenvalue weighted by molar-refractivity contribution is 6.31. The molecule has 0 unspecified atom stereocenters. The van der Waals surface area contributed by atoms with E-state index in [1.54, 1.807) is 6.07 Å². The summed E-state index contributed by atoms with van der Waals surface area (Å²) in [5.74, 6) is -0.0873. The second-order valence-electron chi connectivity index (χ2n) is 4.27. The maximum atomic E-state index is 13.3. The average molecular weight is 271 g/mol. The Hall–Kier alpha value is -1.33. The first kappa shape index (κ1) is 13.1. The molecule has 0 aliphatic heterocycles. The van der Waals surface area contributed by atoms with Crippen LogP contribution in [0.2, 0.25) is 5.02 Å². The fourth-order valence-corrected chi connectivity index (χ4v) is 1.96. The van der Waals surface area contributed by atoms with Gasteiger partial charge < -0.3 is 15.2 Å². The molecule has 0 saturated carbocycles. The number of hydrogen-bond acceptors (Lipinski definition) is 3. The molecular formula is C12H16ClFN4. The Balaban J connectivity index is 2.37. The monoisotopic (exact) mass is 270 g/mol. The quantitative estimate of drug-likeness (QED) is 0.928. The number of anilines is 1. The standard InChI is InChI=1S/C12H16ClFN4/c1-3-17(2)4-5-18-11-6-8(13)9(14)7-10(11)16-12(18)15/h6-7H,3-5H2,1-2H3,(H2,15,16). The van der Waals surface area contributed by atoms with Crippen LogP contribution in [0.4, 0.5) is 10.3 Å². The molecule has 0 saturated heterocycles. The van der Waals surface area contributed by atoms with Gasteiger partial charge in [-0.2, -0.15) is 0 Å². The third-order valence-electron chi connectivity index (χ3n) is 3.06. The zero-order valence-corrected chi connectivity index (χ0v) is 11.2. The molecule has 0 fully saturated rings. The molecule has 0 amide bonds. The van der Waals surface area contributed by atoms with Gasteiger partial charge in [-0.05, 0) is 19.7 Å². The molecule has 0 atom stereocenters. The summed E-state index contributed by atoms with van der Waals surface area (Å²) in [7, 11) is 2.03. The molecule has 2 N–H and O–H groups in total. The van der Waals surface area contributed by atoms with Crippen LogP contribution in [0.3, 0.4) is 0 Å². The van der Waals surface area contributed by atoms with Crippen molar-refractivity contribution in [2.75, 3.05) is 25.9 Å². The number of fused-ring (bicyclic) bond motifs is 1. The van der Waals surface area contributed by atoms with Gasteiger partial charge in [-0.3, -0.25) is 0 Å². The predicted octanol–water partition coefficient (Wildman–Crippen LogP) is 2.36. The lowest BCUT2D eigenvalue weighted by molar-refractivity contribution is 0.338. The molecule has 18 heavy (non-hydrogen) atoms. The third-order valence-corrected chi connectivity index (χ3v) is 3.35. The van der Waals surface area contributed by atoms with Crippen molar-refractivity contribution >= 4 is 28.6 Å². The van der Waals surface area contributed by atoms with Gasteiger partial charge in [-0.1, -0.05) is 18.5 Å². The lowest BCUT2D eigenvalue weighted by Gasteiger charge is -2.15. The van der Waals surface area contributed by atoms with Crippen molar-refractivity contribution < 1.29 is 4.39 Å². The lowest BCUT2D eigenvalue weighted by Crippen LogP contribution is -2.23. The minimum Gasteiger partial charge on any atom is -0.369 e. The number of benzene rings is 1. The zero-order valence-electron chi connectivity index (χ0n) is 10.5. The number of halogens is 2. The van der Waals surface area contributed by atoms with Crippen molar-refractivity contribution in [2.45, 2.75) is 13.5 Å². The van der Waals surface area contributed by atoms with E-state index in [4.69, 9.17) is 17.3 Å². The van der Waals surface area contributed by atoms with Crippen molar-refractivity contribution in [2.24, 2.45) is 0 Å². The molecule has 1 aromatic carbocycles. The van der Waals surface area contributed by atoms with Crippen molar-refractivity contribution in [3.8, 4) is 0 Å². The Morgan fingerprint density at radius 1 is 1.50 bits per heavy atom. The molecule has 4 nitrogen and oxygen atoms in total. The van der Waals surface area contributed by atoms with Crippen LogP contribution in [0, 0.1) is 5.82 Å². The summed E-state index contributed by atoms with van der Waals surface area (Å²) in [6, 6.07) is 2.88. The first-order chi connectivity index (χ1) is 8.52. The van der Waals surface area contributed by atoms with Gasteiger partial charge in [0.2, 0.25) is 5.95 Å². The molecule has 6 heteroatoms. The van der Waals surface area contributed by atoms with Crippen LogP contribution >= 0.6 is 11.6 Å². The Labute approximate surface area is 110 Å². The van der Waals surface area contributed by atoms with Gasteiger partial charge in [0.05, 0.1) is 16.1 Å². The molecule has 2 rings (SSSR count). The summed E-state index contributed by atoms with van der Waals surface area (Å²) < 4.78 is 15.2. The van der Waals surface area contributed by atoms with Crippen molar-refractivity contribution in [1.29, 1.82) is 0 Å². The van der Waals surface area contributed by atoms with E-state index >= 15 is 0 Å². The molecule has 2 aromatic rings. The van der Waals surface area contributed by atoms with Gasteiger partial charge in [-0.15, -0.1) is 0 Å². The SMILES string of the molecule is CCN(C)CCn1c(N)nc2cc(F)c(Cl)cc21. The average Bonchev–Trinajstić information content (AvgIpc) is 2.62. The van der Waals surface area contributed by atoms with E-state index in [1.165, 1.54) is 6.07 Å². The highest BCUT2D eigenvalue weighted by Gasteiger charge is 2.11. The Morgan fingerprint density at radius 2 is 2.22 bits per heavy atom. The number of nitrogen functional groups attached to an aromatic ring is 1. The van der Waals surface area contributed by atoms with Gasteiger partial charge in [0.1, 0.15) is 5.82 Å². The van der Waals surface area contributed by atoms with Gasteiger partial charge >= 0.3 is 0 Å². The molecule has 0 aliphatic carbocycles. The van der Waals surface area contributed by atoms with Gasteiger partial charge in [0.15, 0.2) is 0 Å². The summed E-state index contributed by atoms with van der Waals surface area (Å²) in [5, 5.41) is 0.0903. The van der Waals surface area contributed by atoms with E-state index < -0.39 is 5.82 Å². The molecule has 0 radical (unpaired) electrons. The van der Waals surface area contributed by atoms with E-state index in [0.29, 0.717) is 18.0 Å². The third kappa shape index (κ3) is 2.42. The summed E-state index contributed by atoms with van der Waals surface area (Å²) >= 11 is 5.79. The zero-order chi connectivity index (χ0) is 13.3. The van der Waals surface area contributed by atoms with Crippen molar-refractivity contribution in [3.63, 3.8) is 0 Å². The van der Waals surface area contributed by atoms with E-state index in [-0.39, 0.29) is 5.02 Å². The van der Waals surface area contributed by atoms with Crippen molar-refractivity contribution in [3.05, 3.63) is 23.0 Å². The highest BCUT2D eigenvalue weighted by Crippen LogP contribution is 2.24. The first-order valence-corrected chi connectivity index (χ1v) is 6.20. The van der Waals surface area contributed by atoms with E-state index in [2.05, 4.69) is 16.8 Å². The van der Waals surface area contributed by atoms with Crippen molar-refractivity contribution in [1.82, 2.24) is 14.5 Å². The highest BCUT2D eigenvalue weighted by atomic mass is 35.5. The van der Waals surface area contributed by atoms with Gasteiger partial charge in [0.25, 0.3) is 0 Å². The molecule has 0 aliphatic rings. The number of likely N-dealkylation sites (N-methyl/N-ethyl adjacent to an activating group) is 1. The number of imidazole rings is 1. The number of nitrogens with zero attached hydrogens (tertiary/aromatic N) is 3. The minimum atomic E-state index is -0.473. The number of rotatable bonds is 4. The number of hydrogen-bond donors (Lipinski definition) is 1. The van der Waals surface area contributed by atoms with Crippen LogP contribution in [0.15, 0.2) is 12.1 Å². The normalized spacial score (nSPS) is 11.6. The van der Waals surface area contributed by atoms with Gasteiger partial charge in [-0.25, -0.2) is 9.37 Å². The topological polar surface area (TPSA) is 47.1 Å². The Morgan fingerprint density at radius 3 is 2.89 bits per heavy atom. The summed E-state index contributed by atoms with van der Waals surface area (Å²) in [6.45, 7) is 4.60. The van der Waals surface area contributed by atoms with Crippen LogP contribution in [-0.4, -0.2) is 34.6 Å². The summed E-state index contributed by atoms with van der Waals surface area (Å²) in [5.41, 5.74) is 7.15. The lowest BCUT2D eigenvalue weighted by atomic mass is 10.3. The maximum Gasteiger partial charge on any atom is 0.201 e. The smallest absolute Gasteiger partial charge is 0.201 e. The Bertz CT molecular complexity index is 567. The van der Waals surface area contributed by atoms with Gasteiger partial charge in [0, 0.05) is 19.2 Å². The van der Waals surface area contributed by atoms with Crippen LogP contribution in [0.5, 0.6) is 0 Å². The predicted molar refractivity (Wildman–Crippen MR) is 72.3 cm³/mol. The largest absolute Gasteiger partial charge is 0.369 e. The molecule has 1 aromatic heterocycles. The van der Waals surface area contributed by atoms with Crippen LogP contribution in [0.1, 0.15) is 6.92 Å². The number of aromatic nitrogens is 2. The molecule has 0 bridgehead atoms. The molecular weight excluding hydrogens is 255 g/mol. The maximum absolute atomic E-state index is 13.3. The second-order valence-corrected chi connectivity index (χ2v) is 4.68. The minimum absolute atomic E-state index is 0.0903. The molecule has 0 spiro atoms. The van der Waals surface area contributed by atoms with E-state index in [1.807, 2.05) is 11.6 Å². The van der Waals surface area contributed by atoms with E-state index in [9.17, 15) is 4.39 Å². The van der Waals surface area contributed by atoms with Crippen LogP contribution in [0.25, 0.3) is 11.0 Å². The second kappa shape index (κ2) is 5.12.